The lowest BCUT2D eigenvalue weighted by Gasteiger charge is -2.40. The topological polar surface area (TPSA) is 135 Å². The molecule has 0 saturated carbocycles. The van der Waals surface area contributed by atoms with Gasteiger partial charge in [0, 0.05) is 29.0 Å². The van der Waals surface area contributed by atoms with Gasteiger partial charge in [-0.1, -0.05) is 18.3 Å². The number of aromatic nitrogens is 5. The van der Waals surface area contributed by atoms with Gasteiger partial charge in [-0.25, -0.2) is 17.9 Å². The van der Waals surface area contributed by atoms with Crippen LogP contribution >= 0.6 is 24.8 Å². The molecule has 4 N–H and O–H groups in total. The number of ether oxygens (including phenoxy) is 1. The number of hydrogen-bond acceptors (Lipinski definition) is 8. The Labute approximate surface area is 267 Å². The van der Waals surface area contributed by atoms with Crippen molar-refractivity contribution in [3.05, 3.63) is 107 Å². The average molecular weight is 672 g/mol. The third kappa shape index (κ3) is 8.73. The Morgan fingerprint density at radius 3 is 2.22 bits per heavy atom. The molecule has 0 aliphatic heterocycles. The van der Waals surface area contributed by atoms with Gasteiger partial charge in [0.15, 0.2) is 0 Å². The van der Waals surface area contributed by atoms with E-state index in [1.54, 1.807) is 0 Å². The third-order valence-electron chi connectivity index (χ3n) is 6.48. The number of halogens is 7. The summed E-state index contributed by atoms with van der Waals surface area (Å²) < 4.78 is 82.2. The van der Waals surface area contributed by atoms with Crippen LogP contribution in [-0.2, 0) is 27.6 Å². The van der Waals surface area contributed by atoms with Gasteiger partial charge < -0.3 is 16.2 Å². The number of esters is 1. The van der Waals surface area contributed by atoms with E-state index in [4.69, 9.17) is 16.2 Å². The number of rotatable bonds is 11. The first kappa shape index (κ1) is 37.0. The average Bonchev–Trinajstić information content (AvgIpc) is 3.49. The fraction of sp³-hybridized carbons (Fsp3) is 0.276. The van der Waals surface area contributed by atoms with Crippen LogP contribution in [0.5, 0.6) is 0 Å². The van der Waals surface area contributed by atoms with Crippen molar-refractivity contribution in [1.29, 1.82) is 0 Å². The van der Waals surface area contributed by atoms with Crippen molar-refractivity contribution in [2.75, 3.05) is 6.54 Å². The molecule has 0 fully saturated rings. The molecular formula is C29H28Cl2F5N7O2. The molecule has 2 aromatic carbocycles. The van der Waals surface area contributed by atoms with E-state index in [2.05, 4.69) is 32.4 Å². The predicted molar refractivity (Wildman–Crippen MR) is 158 cm³/mol. The van der Waals surface area contributed by atoms with Crippen molar-refractivity contribution in [1.82, 2.24) is 25.2 Å². The number of benzene rings is 2. The Morgan fingerprint density at radius 2 is 1.62 bits per heavy atom. The van der Waals surface area contributed by atoms with Crippen LogP contribution in [0.3, 0.4) is 0 Å². The summed E-state index contributed by atoms with van der Waals surface area (Å²) in [6.45, 7) is -0.676. The highest BCUT2D eigenvalue weighted by Gasteiger charge is 2.62. The highest BCUT2D eigenvalue weighted by atomic mass is 35.5. The lowest BCUT2D eigenvalue weighted by molar-refractivity contribution is -0.233. The van der Waals surface area contributed by atoms with Gasteiger partial charge in [-0.05, 0) is 78.3 Å². The second-order valence-electron chi connectivity index (χ2n) is 9.53. The monoisotopic (exact) mass is 671 g/mol. The molecule has 0 aliphatic carbocycles. The number of tetrazole rings is 1. The largest absolute Gasteiger partial charge is 0.444 e. The molecule has 0 bridgehead atoms. The van der Waals surface area contributed by atoms with Crippen molar-refractivity contribution < 1.29 is 31.5 Å². The van der Waals surface area contributed by atoms with Gasteiger partial charge in [0.25, 0.3) is 0 Å². The Morgan fingerprint density at radius 1 is 0.956 bits per heavy atom. The van der Waals surface area contributed by atoms with Crippen LogP contribution < -0.4 is 11.5 Å². The quantitative estimate of drug-likeness (QED) is 0.104. The molecule has 1 unspecified atom stereocenters. The van der Waals surface area contributed by atoms with Crippen LogP contribution in [0, 0.1) is 29.3 Å². The molecule has 2 atom stereocenters. The zero-order chi connectivity index (χ0) is 31.0. The molecule has 4 rings (SSSR count). The molecule has 0 amide bonds. The lowest BCUT2D eigenvalue weighted by Crippen LogP contribution is -2.53. The van der Waals surface area contributed by atoms with Gasteiger partial charge in [0.05, 0.1) is 6.54 Å². The Bertz CT molecular complexity index is 1600. The minimum Gasteiger partial charge on any atom is -0.444 e. The van der Waals surface area contributed by atoms with Crippen LogP contribution in [0.2, 0.25) is 0 Å². The van der Waals surface area contributed by atoms with Crippen LogP contribution in [0.25, 0.3) is 0 Å². The molecule has 45 heavy (non-hydrogen) atoms. The first-order chi connectivity index (χ1) is 20.6. The summed E-state index contributed by atoms with van der Waals surface area (Å²) >= 11 is 0. The van der Waals surface area contributed by atoms with E-state index in [0.717, 1.165) is 35.4 Å². The van der Waals surface area contributed by atoms with Gasteiger partial charge in [-0.15, -0.1) is 29.9 Å². The van der Waals surface area contributed by atoms with E-state index in [1.807, 2.05) is 0 Å². The van der Waals surface area contributed by atoms with Gasteiger partial charge in [-0.2, -0.15) is 8.78 Å². The van der Waals surface area contributed by atoms with Crippen molar-refractivity contribution in [3.8, 4) is 11.8 Å². The molecule has 0 spiro atoms. The van der Waals surface area contributed by atoms with E-state index in [9.17, 15) is 13.6 Å². The summed E-state index contributed by atoms with van der Waals surface area (Å²) in [6.07, 6.45) is 2.97. The standard InChI is InChI=1S/C29H26F5N7O2.2ClH/c30-21-9-6-19(7-10-21)4-5-20-8-13-26(37-16-20)29(33,34)28(17-41-18-38-39-40-41,23-12-11-22(31)15-24(23)32)43-27(42)25(36)3-1-2-14-35;;/h6-13,15-16,18,25H,1-3,14,17,35-36H2;2*1H/t25?,28-;;/m1../s1. The molecular weight excluding hydrogens is 644 g/mol. The Hall–Kier alpha value is -4.16. The van der Waals surface area contributed by atoms with E-state index < -0.39 is 58.8 Å². The minimum absolute atomic E-state index is 0. The van der Waals surface area contributed by atoms with Crippen LogP contribution in [-0.4, -0.2) is 43.7 Å². The van der Waals surface area contributed by atoms with Gasteiger partial charge >= 0.3 is 11.9 Å². The molecule has 16 heteroatoms. The summed E-state index contributed by atoms with van der Waals surface area (Å²) in [4.78, 5) is 17.0. The highest BCUT2D eigenvalue weighted by molar-refractivity contribution is 5.85. The Balaban J connectivity index is 0.00000353. The van der Waals surface area contributed by atoms with E-state index >= 15 is 13.2 Å². The summed E-state index contributed by atoms with van der Waals surface area (Å²) in [5.74, 6) is -2.96. The second kappa shape index (κ2) is 16.2. The number of nitrogens with two attached hydrogens (primary N) is 2. The molecule has 0 radical (unpaired) electrons. The molecule has 0 aliphatic rings. The number of carbonyl (C=O) groups is 1. The molecule has 2 heterocycles. The van der Waals surface area contributed by atoms with Gasteiger partial charge in [-0.3, -0.25) is 9.78 Å². The maximum atomic E-state index is 16.8. The summed E-state index contributed by atoms with van der Waals surface area (Å²) in [5.41, 5.74) is 7.16. The molecule has 2 aromatic heterocycles. The predicted octanol–water partition coefficient (Wildman–Crippen LogP) is 4.42. The summed E-state index contributed by atoms with van der Waals surface area (Å²) in [5, 5.41) is 10.4. The van der Waals surface area contributed by atoms with Crippen LogP contribution in [0.1, 0.15) is 41.6 Å². The number of nitrogens with zero attached hydrogens (tertiary/aromatic N) is 5. The van der Waals surface area contributed by atoms with E-state index in [1.165, 1.54) is 30.3 Å². The van der Waals surface area contributed by atoms with E-state index in [0.29, 0.717) is 31.0 Å². The SMILES string of the molecule is Cl.Cl.NCCCCC(N)C(=O)O[C@](Cn1cnnn1)(c1ccc(F)cc1F)C(F)(F)c1ccc(C#Cc2ccc(F)cc2)cn1. The molecule has 240 valence electrons. The molecule has 4 aromatic rings. The fourth-order valence-electron chi connectivity index (χ4n) is 4.21. The smallest absolute Gasteiger partial charge is 0.334 e. The van der Waals surface area contributed by atoms with Crippen LogP contribution in [0.4, 0.5) is 22.0 Å². The lowest BCUT2D eigenvalue weighted by atomic mass is 9.83. The second-order valence-corrected chi connectivity index (χ2v) is 9.53. The molecule has 9 nitrogen and oxygen atoms in total. The maximum Gasteiger partial charge on any atom is 0.334 e. The number of hydrogen-bond donors (Lipinski definition) is 2. The van der Waals surface area contributed by atoms with Crippen LogP contribution in [0.15, 0.2) is 67.1 Å². The number of unbranched alkanes of at least 4 members (excludes halogenated alkanes) is 1. The summed E-state index contributed by atoms with van der Waals surface area (Å²) in [7, 11) is 0. The highest BCUT2D eigenvalue weighted by Crippen LogP contribution is 2.49. The first-order valence-electron chi connectivity index (χ1n) is 13.0. The zero-order valence-electron chi connectivity index (χ0n) is 23.4. The van der Waals surface area contributed by atoms with Crippen molar-refractivity contribution in [3.63, 3.8) is 0 Å². The normalized spacial score (nSPS) is 12.9. The molecule has 0 saturated heterocycles. The van der Waals surface area contributed by atoms with Crippen molar-refractivity contribution >= 4 is 30.8 Å². The Kier molecular flexibility index (Phi) is 13.4. The van der Waals surface area contributed by atoms with E-state index in [-0.39, 0.29) is 36.8 Å². The first-order valence-corrected chi connectivity index (χ1v) is 13.0. The number of pyridine rings is 1. The van der Waals surface area contributed by atoms with Crippen molar-refractivity contribution in [2.45, 2.75) is 43.4 Å². The summed E-state index contributed by atoms with van der Waals surface area (Å²) in [6, 6.07) is 8.00. The minimum atomic E-state index is -4.27. The van der Waals surface area contributed by atoms with Gasteiger partial charge in [0.2, 0.25) is 5.60 Å². The maximum absolute atomic E-state index is 16.8. The fourth-order valence-corrected chi connectivity index (χ4v) is 4.21. The van der Waals surface area contributed by atoms with Gasteiger partial charge in [0.1, 0.15) is 35.5 Å². The zero-order valence-corrected chi connectivity index (χ0v) is 25.0. The number of carbonyl (C=O) groups excluding carboxylic acids is 1. The third-order valence-corrected chi connectivity index (χ3v) is 6.48. The number of alkyl halides is 2. The van der Waals surface area contributed by atoms with Crippen molar-refractivity contribution in [2.24, 2.45) is 11.5 Å².